The van der Waals surface area contributed by atoms with Crippen molar-refractivity contribution in [3.63, 3.8) is 0 Å². The van der Waals surface area contributed by atoms with Gasteiger partial charge in [-0.25, -0.2) is 0 Å². The van der Waals surface area contributed by atoms with E-state index in [9.17, 15) is 0 Å². The Morgan fingerprint density at radius 2 is 0.188 bits per heavy atom. The summed E-state index contributed by atoms with van der Waals surface area (Å²) in [6.07, 6.45) is 0. The predicted octanol–water partition coefficient (Wildman–Crippen LogP) is 2.87. The topological polar surface area (TPSA) is 305 Å². The van der Waals surface area contributed by atoms with Crippen molar-refractivity contribution in [2.24, 2.45) is 0 Å². The molecule has 0 amide bonds. The van der Waals surface area contributed by atoms with Crippen molar-refractivity contribution in [3.8, 4) is 0 Å². The van der Waals surface area contributed by atoms with Gasteiger partial charge in [-0.1, -0.05) is 0 Å². The van der Waals surface area contributed by atoms with Crippen molar-refractivity contribution in [3.05, 3.63) is 61.5 Å². The molecule has 16 heavy (non-hydrogen) atoms. The fraction of sp³-hybridized carbons (Fsp3) is 0. The quantitative estimate of drug-likeness (QED) is 0.329. The Hall–Kier alpha value is 4.31. The second kappa shape index (κ2) is 348. The van der Waals surface area contributed by atoms with Crippen LogP contribution in [0.5, 0.6) is 0 Å². The van der Waals surface area contributed by atoms with Gasteiger partial charge in [0.1, 0.15) is 0 Å². The molecule has 10 nitrogen and oxygen atoms in total. The maximum atomic E-state index is 0. The van der Waals surface area contributed by atoms with Crippen LogP contribution in [0.25, 0.3) is 61.5 Å². The third-order valence-electron chi connectivity index (χ3n) is 0. The molecule has 0 spiro atoms. The van der Waals surface area contributed by atoms with E-state index in [1.165, 1.54) is 0 Å². The van der Waals surface area contributed by atoms with Gasteiger partial charge in [0.05, 0.1) is 0 Å². The Balaban J connectivity index is 0. The van der Waals surface area contributed by atoms with Gasteiger partial charge in [0.15, 0.2) is 0 Å². The van der Waals surface area contributed by atoms with Crippen LogP contribution in [-0.4, -0.2) is 0 Å². The Kier molecular flexibility index (Phi) is 8860. The molecule has 16 heteroatoms. The second-order valence-electron chi connectivity index (χ2n) is 0. The summed E-state index contributed by atoms with van der Waals surface area (Å²) in [7, 11) is 0. The van der Waals surface area contributed by atoms with E-state index in [2.05, 4.69) is 0 Å². The number of rotatable bonds is 0. The Morgan fingerprint density at radius 1 is 0.188 bits per heavy atom. The minimum absolute atomic E-state index is 0. The molecular formula is Mo3N10Zr3. The molecule has 0 atom stereocenters. The van der Waals surface area contributed by atoms with E-state index in [-0.39, 0.29) is 203 Å². The van der Waals surface area contributed by atoms with Crippen LogP contribution in [0.4, 0.5) is 0 Å². The van der Waals surface area contributed by atoms with Gasteiger partial charge >= 0.3 is 142 Å². The maximum Gasteiger partial charge on any atom is 6.00 e. The number of nitrogens with zero attached hydrogens (tertiary/aromatic N) is 10. The van der Waals surface area contributed by atoms with Gasteiger partial charge in [0.2, 0.25) is 0 Å². The summed E-state index contributed by atoms with van der Waals surface area (Å²) in [4.78, 5) is 0. The first-order valence-corrected chi connectivity index (χ1v) is 0. The molecule has 0 heterocycles. The molecule has 0 N–H and O–H groups in total. The largest absolute Gasteiger partial charge is 6.00 e. The van der Waals surface area contributed by atoms with Crippen molar-refractivity contribution >= 4 is 0 Å². The predicted molar refractivity (Wildman–Crippen MR) is 33.6 cm³/mol. The standard InChI is InChI=1S/3Mo.10N.3Zr/q3*+6;10*-3;3*+4. The SMILES string of the molecule is [Mo+6].[Mo+6].[Mo+6].[N-3].[N-3].[N-3].[N-3].[N-3].[N-3].[N-3].[N-3].[N-3].[N-3].[Zr+4].[Zr+4].[Zr+4]. The Morgan fingerprint density at radius 3 is 0.188 bits per heavy atom. The molecular weight excluding hydrogens is 702 g/mol. The molecule has 0 fully saturated rings. The molecule has 0 aliphatic rings. The summed E-state index contributed by atoms with van der Waals surface area (Å²) >= 11 is 0. The molecule has 0 aliphatic carbocycles. The van der Waals surface area contributed by atoms with Gasteiger partial charge in [-0.15, -0.1) is 0 Å². The monoisotopic (exact) mass is 703 g/mol. The summed E-state index contributed by atoms with van der Waals surface area (Å²) in [5.41, 5.74) is 0. The van der Waals surface area contributed by atoms with Crippen LogP contribution in [0.2, 0.25) is 0 Å². The van der Waals surface area contributed by atoms with Gasteiger partial charge in [-0.3, -0.25) is 0 Å². The zero-order chi connectivity index (χ0) is 0. The van der Waals surface area contributed by atoms with Crippen molar-refractivity contribution < 1.29 is 142 Å². The van der Waals surface area contributed by atoms with Crippen LogP contribution in [0.3, 0.4) is 0 Å². The van der Waals surface area contributed by atoms with E-state index in [1.54, 1.807) is 0 Å². The second-order valence-corrected chi connectivity index (χ2v) is 0. The van der Waals surface area contributed by atoms with E-state index in [0.717, 1.165) is 0 Å². The third-order valence-corrected chi connectivity index (χ3v) is 0. The molecule has 0 aliphatic heterocycles. The average Bonchev–Trinajstić information content (AvgIpc) is 0. The maximum absolute atomic E-state index is 0. The van der Waals surface area contributed by atoms with Crippen LogP contribution >= 0.6 is 0 Å². The van der Waals surface area contributed by atoms with Crippen LogP contribution in [-0.2, 0) is 142 Å². The summed E-state index contributed by atoms with van der Waals surface area (Å²) < 4.78 is 0. The fourth-order valence-corrected chi connectivity index (χ4v) is 0. The van der Waals surface area contributed by atoms with E-state index in [4.69, 9.17) is 0 Å². The summed E-state index contributed by atoms with van der Waals surface area (Å²) in [6.45, 7) is 0. The molecule has 80 valence electrons. The summed E-state index contributed by atoms with van der Waals surface area (Å²) in [5, 5.41) is 0. The van der Waals surface area contributed by atoms with E-state index in [1.807, 2.05) is 0 Å². The van der Waals surface area contributed by atoms with E-state index < -0.39 is 0 Å². The van der Waals surface area contributed by atoms with Gasteiger partial charge in [-0.05, 0) is 0 Å². The van der Waals surface area contributed by atoms with Gasteiger partial charge < -0.3 is 61.5 Å². The Bertz CT molecular complexity index is 21.3. The van der Waals surface area contributed by atoms with E-state index in [0.29, 0.717) is 0 Å². The number of hydrogen-bond acceptors (Lipinski definition) is 0. The summed E-state index contributed by atoms with van der Waals surface area (Å²) in [5.74, 6) is 0. The van der Waals surface area contributed by atoms with Crippen molar-refractivity contribution in [1.29, 1.82) is 0 Å². The molecule has 0 unspecified atom stereocenters. The third kappa shape index (κ3) is 295. The first-order valence-electron chi connectivity index (χ1n) is 0. The Labute approximate surface area is 200 Å². The normalized spacial score (nSPS) is 0. The average molecular weight is 702 g/mol. The number of hydrogen-bond donors (Lipinski definition) is 0. The van der Waals surface area contributed by atoms with Crippen LogP contribution in [0, 0.1) is 0 Å². The van der Waals surface area contributed by atoms with Crippen molar-refractivity contribution in [1.82, 2.24) is 0 Å². The minimum Gasteiger partial charge on any atom is -3.00 e. The van der Waals surface area contributed by atoms with Gasteiger partial charge in [-0.2, -0.15) is 0 Å². The van der Waals surface area contributed by atoms with E-state index >= 15 is 0 Å². The molecule has 0 rings (SSSR count). The van der Waals surface area contributed by atoms with Crippen LogP contribution < -0.4 is 0 Å². The van der Waals surface area contributed by atoms with Crippen molar-refractivity contribution in [2.45, 2.75) is 0 Å². The molecule has 0 saturated heterocycles. The minimum atomic E-state index is 0. The molecule has 0 aromatic heterocycles. The smallest absolute Gasteiger partial charge is 3.00 e. The molecule has 0 aromatic rings. The zero-order valence-electron chi connectivity index (χ0n) is 7.20. The van der Waals surface area contributed by atoms with Gasteiger partial charge in [0, 0.05) is 0 Å². The first kappa shape index (κ1) is 407. The molecule has 0 radical (unpaired) electrons. The molecule has 0 bridgehead atoms. The molecule has 0 aromatic carbocycles. The van der Waals surface area contributed by atoms with Crippen LogP contribution in [0.1, 0.15) is 0 Å². The zero-order valence-corrected chi connectivity index (χ0v) is 20.6. The van der Waals surface area contributed by atoms with Crippen LogP contribution in [0.15, 0.2) is 0 Å². The summed E-state index contributed by atoms with van der Waals surface area (Å²) in [6, 6.07) is 0. The fourth-order valence-electron chi connectivity index (χ4n) is 0. The first-order chi connectivity index (χ1) is 0. The molecule has 0 saturated carbocycles. The van der Waals surface area contributed by atoms with Gasteiger partial charge in [0.25, 0.3) is 0 Å². The van der Waals surface area contributed by atoms with Crippen molar-refractivity contribution in [2.75, 3.05) is 0 Å².